The molecule has 1 atom stereocenters. The number of ether oxygens (including phenoxy) is 1. The van der Waals surface area contributed by atoms with Crippen LogP contribution in [-0.4, -0.2) is 38.5 Å². The van der Waals surface area contributed by atoms with Gasteiger partial charge in [0.05, 0.1) is 12.2 Å². The van der Waals surface area contributed by atoms with E-state index >= 15 is 0 Å². The monoisotopic (exact) mass is 268 g/mol. The Balaban J connectivity index is 2.26. The summed E-state index contributed by atoms with van der Waals surface area (Å²) in [5, 5.41) is 0.204. The summed E-state index contributed by atoms with van der Waals surface area (Å²) in [6.45, 7) is 3.35. The number of aromatic nitrogens is 1. The van der Waals surface area contributed by atoms with Crippen LogP contribution in [-0.2, 0) is 20.5 Å². The van der Waals surface area contributed by atoms with Crippen molar-refractivity contribution in [2.45, 2.75) is 18.9 Å². The van der Waals surface area contributed by atoms with Crippen LogP contribution in [0.25, 0.3) is 0 Å². The molecular weight excluding hydrogens is 256 g/mol. The minimum atomic E-state index is -1.73. The molecule has 96 valence electrons. The van der Waals surface area contributed by atoms with Gasteiger partial charge in [0.2, 0.25) is 0 Å². The SMILES string of the molecule is CCOC(=O)CN1C(=O)c2cc(C)cnc2S1=O. The first kappa shape index (κ1) is 12.7. The number of hydrogen-bond donors (Lipinski definition) is 0. The molecule has 1 aromatic heterocycles. The summed E-state index contributed by atoms with van der Waals surface area (Å²) in [6.07, 6.45) is 1.54. The zero-order chi connectivity index (χ0) is 13.3. The molecule has 18 heavy (non-hydrogen) atoms. The summed E-state index contributed by atoms with van der Waals surface area (Å²) in [4.78, 5) is 27.3. The number of amides is 1. The maximum absolute atomic E-state index is 12.0. The Labute approximate surface area is 107 Å². The van der Waals surface area contributed by atoms with Crippen molar-refractivity contribution in [1.82, 2.24) is 9.29 Å². The number of carbonyl (C=O) groups is 2. The number of hydrogen-bond acceptors (Lipinski definition) is 5. The molecule has 0 fully saturated rings. The van der Waals surface area contributed by atoms with Gasteiger partial charge in [-0.3, -0.25) is 9.59 Å². The van der Waals surface area contributed by atoms with Crippen LogP contribution in [0.3, 0.4) is 0 Å². The Morgan fingerprint density at radius 3 is 2.94 bits per heavy atom. The second-order valence-corrected chi connectivity index (χ2v) is 5.09. The van der Waals surface area contributed by atoms with E-state index in [1.54, 1.807) is 19.9 Å². The van der Waals surface area contributed by atoms with Gasteiger partial charge in [0.15, 0.2) is 16.0 Å². The lowest BCUT2D eigenvalue weighted by molar-refractivity contribution is -0.142. The summed E-state index contributed by atoms with van der Waals surface area (Å²) in [5.74, 6) is -1.03. The molecule has 0 radical (unpaired) electrons. The van der Waals surface area contributed by atoms with E-state index < -0.39 is 22.9 Å². The highest BCUT2D eigenvalue weighted by Gasteiger charge is 2.37. The van der Waals surface area contributed by atoms with Crippen LogP contribution in [0.15, 0.2) is 17.3 Å². The summed E-state index contributed by atoms with van der Waals surface area (Å²) in [6, 6.07) is 1.62. The number of carbonyl (C=O) groups excluding carboxylic acids is 2. The first-order valence-corrected chi connectivity index (χ1v) is 6.51. The zero-order valence-corrected chi connectivity index (χ0v) is 10.8. The minimum Gasteiger partial charge on any atom is -0.465 e. The molecule has 0 saturated carbocycles. The van der Waals surface area contributed by atoms with Crippen molar-refractivity contribution in [3.63, 3.8) is 0 Å². The van der Waals surface area contributed by atoms with Crippen LogP contribution >= 0.6 is 0 Å². The molecule has 0 aliphatic carbocycles. The first-order chi connectivity index (χ1) is 8.54. The molecule has 0 saturated heterocycles. The molecule has 1 aliphatic rings. The molecule has 1 amide bonds. The highest BCUT2D eigenvalue weighted by atomic mass is 32.2. The third-order valence-electron chi connectivity index (χ3n) is 2.39. The van der Waals surface area contributed by atoms with Gasteiger partial charge in [-0.2, -0.15) is 0 Å². The van der Waals surface area contributed by atoms with Crippen molar-refractivity contribution in [3.8, 4) is 0 Å². The van der Waals surface area contributed by atoms with Gasteiger partial charge in [0, 0.05) is 6.20 Å². The molecule has 0 spiro atoms. The number of fused-ring (bicyclic) bond motifs is 1. The van der Waals surface area contributed by atoms with Crippen LogP contribution in [0.4, 0.5) is 0 Å². The maximum atomic E-state index is 12.0. The molecular formula is C11H12N2O4S. The van der Waals surface area contributed by atoms with Gasteiger partial charge in [-0.1, -0.05) is 0 Å². The van der Waals surface area contributed by atoms with Crippen LogP contribution in [0.5, 0.6) is 0 Å². The number of aryl methyl sites for hydroxylation is 1. The van der Waals surface area contributed by atoms with E-state index in [0.717, 1.165) is 9.87 Å². The van der Waals surface area contributed by atoms with E-state index in [9.17, 15) is 13.8 Å². The lowest BCUT2D eigenvalue weighted by Crippen LogP contribution is -2.33. The van der Waals surface area contributed by atoms with Gasteiger partial charge in [0.1, 0.15) is 6.54 Å². The fourth-order valence-electron chi connectivity index (χ4n) is 1.62. The molecule has 0 N–H and O–H groups in total. The van der Waals surface area contributed by atoms with Gasteiger partial charge in [-0.15, -0.1) is 0 Å². The second-order valence-electron chi connectivity index (χ2n) is 3.76. The highest BCUT2D eigenvalue weighted by molar-refractivity contribution is 7.83. The third-order valence-corrected chi connectivity index (χ3v) is 3.74. The Bertz CT molecular complexity index is 544. The van der Waals surface area contributed by atoms with Crippen molar-refractivity contribution < 1.29 is 18.5 Å². The van der Waals surface area contributed by atoms with E-state index in [-0.39, 0.29) is 23.7 Å². The molecule has 1 aliphatic heterocycles. The molecule has 2 heterocycles. The quantitative estimate of drug-likeness (QED) is 0.743. The fourth-order valence-corrected chi connectivity index (χ4v) is 2.77. The molecule has 1 aromatic rings. The summed E-state index contributed by atoms with van der Waals surface area (Å²) >= 11 is 0. The fraction of sp³-hybridized carbons (Fsp3) is 0.364. The molecule has 6 nitrogen and oxygen atoms in total. The largest absolute Gasteiger partial charge is 0.465 e. The Kier molecular flexibility index (Phi) is 3.42. The molecule has 7 heteroatoms. The maximum Gasteiger partial charge on any atom is 0.326 e. The van der Waals surface area contributed by atoms with Crippen LogP contribution in [0, 0.1) is 6.92 Å². The first-order valence-electron chi connectivity index (χ1n) is 5.40. The number of rotatable bonds is 3. The summed E-state index contributed by atoms with van der Waals surface area (Å²) < 4.78 is 17.7. The Morgan fingerprint density at radius 2 is 2.28 bits per heavy atom. The van der Waals surface area contributed by atoms with Gasteiger partial charge in [-0.05, 0) is 25.5 Å². The predicted octanol–water partition coefficient (Wildman–Crippen LogP) is 0.432. The highest BCUT2D eigenvalue weighted by Crippen LogP contribution is 2.25. The van der Waals surface area contributed by atoms with E-state index in [4.69, 9.17) is 4.74 Å². The molecule has 1 unspecified atom stereocenters. The average Bonchev–Trinajstić information content (AvgIpc) is 2.55. The summed E-state index contributed by atoms with van der Waals surface area (Å²) in [5.41, 5.74) is 1.09. The molecule has 0 aromatic carbocycles. The predicted molar refractivity (Wildman–Crippen MR) is 63.1 cm³/mol. The third kappa shape index (κ3) is 2.13. The van der Waals surface area contributed by atoms with E-state index in [1.165, 1.54) is 6.20 Å². The van der Waals surface area contributed by atoms with Gasteiger partial charge >= 0.3 is 5.97 Å². The summed E-state index contributed by atoms with van der Waals surface area (Å²) in [7, 11) is -1.73. The van der Waals surface area contributed by atoms with Crippen LogP contribution in [0.1, 0.15) is 22.8 Å². The van der Waals surface area contributed by atoms with Crippen LogP contribution < -0.4 is 0 Å². The van der Waals surface area contributed by atoms with Crippen LogP contribution in [0.2, 0.25) is 0 Å². The molecule has 0 bridgehead atoms. The normalized spacial score (nSPS) is 17.8. The smallest absolute Gasteiger partial charge is 0.326 e. The topological polar surface area (TPSA) is 76.6 Å². The lowest BCUT2D eigenvalue weighted by atomic mass is 10.2. The zero-order valence-electron chi connectivity index (χ0n) is 10.0. The molecule has 2 rings (SSSR count). The van der Waals surface area contributed by atoms with E-state index in [0.29, 0.717) is 0 Å². The standard InChI is InChI=1S/C11H12N2O4S/c1-3-17-9(14)6-13-11(15)8-4-7(2)5-12-10(8)18(13)16/h4-5H,3,6H2,1-2H3. The number of nitrogens with zero attached hydrogens (tertiary/aromatic N) is 2. The Hall–Kier alpha value is -1.76. The van der Waals surface area contributed by atoms with E-state index in [2.05, 4.69) is 4.98 Å². The van der Waals surface area contributed by atoms with Crippen molar-refractivity contribution >= 4 is 22.9 Å². The second kappa shape index (κ2) is 4.85. The number of esters is 1. The van der Waals surface area contributed by atoms with E-state index in [1.807, 2.05) is 0 Å². The van der Waals surface area contributed by atoms with Crippen molar-refractivity contribution in [1.29, 1.82) is 0 Å². The van der Waals surface area contributed by atoms with Gasteiger partial charge in [-0.25, -0.2) is 13.5 Å². The van der Waals surface area contributed by atoms with Gasteiger partial charge in [0.25, 0.3) is 5.91 Å². The van der Waals surface area contributed by atoms with Crippen molar-refractivity contribution in [3.05, 3.63) is 23.4 Å². The van der Waals surface area contributed by atoms with Crippen molar-refractivity contribution in [2.24, 2.45) is 0 Å². The van der Waals surface area contributed by atoms with Crippen molar-refractivity contribution in [2.75, 3.05) is 13.2 Å². The number of pyridine rings is 1. The van der Waals surface area contributed by atoms with Gasteiger partial charge < -0.3 is 4.74 Å². The Morgan fingerprint density at radius 1 is 1.56 bits per heavy atom. The average molecular weight is 268 g/mol. The minimum absolute atomic E-state index is 0.204. The lowest BCUT2D eigenvalue weighted by Gasteiger charge is -2.11.